The first kappa shape index (κ1) is 12.0. The number of nitrogens with two attached hydrogens (primary N) is 1. The Hall–Kier alpha value is -1.06. The number of benzene rings is 1. The summed E-state index contributed by atoms with van der Waals surface area (Å²) in [6.07, 6.45) is 0.0280. The van der Waals surface area contributed by atoms with Gasteiger partial charge in [0.2, 0.25) is 0 Å². The second-order valence-corrected chi connectivity index (χ2v) is 3.57. The van der Waals surface area contributed by atoms with Crippen LogP contribution in [0.15, 0.2) is 18.2 Å². The third-order valence-corrected chi connectivity index (χ3v) is 2.26. The van der Waals surface area contributed by atoms with Crippen molar-refractivity contribution < 1.29 is 9.84 Å². The largest absolute Gasteiger partial charge is 0.493 e. The van der Waals surface area contributed by atoms with Crippen LogP contribution >= 0.6 is 0 Å². The van der Waals surface area contributed by atoms with E-state index in [0.29, 0.717) is 19.6 Å². The van der Waals surface area contributed by atoms with Crippen LogP contribution in [0.5, 0.6) is 5.75 Å². The topological polar surface area (TPSA) is 55.5 Å². The van der Waals surface area contributed by atoms with E-state index >= 15 is 0 Å². The summed E-state index contributed by atoms with van der Waals surface area (Å²) in [6, 6.07) is 5.82. The van der Waals surface area contributed by atoms with E-state index in [-0.39, 0.29) is 0 Å². The number of rotatable bonds is 5. The Bertz CT molecular complexity index is 312. The van der Waals surface area contributed by atoms with Crippen LogP contribution in [0.3, 0.4) is 0 Å². The van der Waals surface area contributed by atoms with Gasteiger partial charge < -0.3 is 15.6 Å². The quantitative estimate of drug-likeness (QED) is 0.777. The molecule has 15 heavy (non-hydrogen) atoms. The lowest BCUT2D eigenvalue weighted by Gasteiger charge is -2.15. The first-order chi connectivity index (χ1) is 7.19. The molecule has 1 aromatic rings. The molecule has 0 aliphatic rings. The molecule has 1 atom stereocenters. The van der Waals surface area contributed by atoms with Gasteiger partial charge >= 0.3 is 0 Å². The standard InChI is InChI=1S/C12H19NO2/c1-3-15-12-5-4-9(2)8-10(12)11(14)6-7-13/h4-5,8,11,14H,3,6-7,13H2,1-2H3. The number of aryl methyl sites for hydroxylation is 1. The highest BCUT2D eigenvalue weighted by Gasteiger charge is 2.12. The van der Waals surface area contributed by atoms with Crippen LogP contribution in [0, 0.1) is 6.92 Å². The lowest BCUT2D eigenvalue weighted by atomic mass is 10.0. The van der Waals surface area contributed by atoms with E-state index < -0.39 is 6.10 Å². The summed E-state index contributed by atoms with van der Waals surface area (Å²) in [4.78, 5) is 0. The van der Waals surface area contributed by atoms with Gasteiger partial charge in [0, 0.05) is 5.56 Å². The first-order valence-corrected chi connectivity index (χ1v) is 5.30. The Balaban J connectivity index is 2.95. The molecule has 0 fully saturated rings. The third-order valence-electron chi connectivity index (χ3n) is 2.26. The van der Waals surface area contributed by atoms with Gasteiger partial charge in [-0.25, -0.2) is 0 Å². The summed E-state index contributed by atoms with van der Waals surface area (Å²) >= 11 is 0. The molecule has 0 bridgehead atoms. The number of hydrogen-bond acceptors (Lipinski definition) is 3. The average molecular weight is 209 g/mol. The molecule has 0 aliphatic heterocycles. The van der Waals surface area contributed by atoms with E-state index in [2.05, 4.69) is 0 Å². The van der Waals surface area contributed by atoms with Crippen molar-refractivity contribution in [1.82, 2.24) is 0 Å². The summed E-state index contributed by atoms with van der Waals surface area (Å²) in [6.45, 7) is 5.00. The van der Waals surface area contributed by atoms with Gasteiger partial charge in [-0.3, -0.25) is 0 Å². The molecule has 1 aromatic carbocycles. The van der Waals surface area contributed by atoms with E-state index in [4.69, 9.17) is 10.5 Å². The molecular weight excluding hydrogens is 190 g/mol. The Morgan fingerprint density at radius 1 is 1.47 bits per heavy atom. The highest BCUT2D eigenvalue weighted by atomic mass is 16.5. The highest BCUT2D eigenvalue weighted by Crippen LogP contribution is 2.28. The summed E-state index contributed by atoms with van der Waals surface area (Å²) in [5.41, 5.74) is 7.38. The Kier molecular flexibility index (Phi) is 4.59. The van der Waals surface area contributed by atoms with E-state index in [9.17, 15) is 5.11 Å². The lowest BCUT2D eigenvalue weighted by molar-refractivity contribution is 0.164. The van der Waals surface area contributed by atoms with Gasteiger partial charge in [0.1, 0.15) is 5.75 Å². The van der Waals surface area contributed by atoms with E-state index in [1.165, 1.54) is 0 Å². The van der Waals surface area contributed by atoms with Gasteiger partial charge in [0.25, 0.3) is 0 Å². The maximum Gasteiger partial charge on any atom is 0.125 e. The molecule has 0 aromatic heterocycles. The van der Waals surface area contributed by atoms with E-state index in [1.807, 2.05) is 32.0 Å². The Morgan fingerprint density at radius 3 is 2.80 bits per heavy atom. The van der Waals surface area contributed by atoms with Crippen LogP contribution in [-0.4, -0.2) is 18.3 Å². The molecule has 0 aliphatic carbocycles. The van der Waals surface area contributed by atoms with Crippen molar-refractivity contribution in [2.45, 2.75) is 26.4 Å². The molecule has 0 radical (unpaired) electrons. The molecule has 1 unspecified atom stereocenters. The maximum atomic E-state index is 9.89. The summed E-state index contributed by atoms with van der Waals surface area (Å²) in [5.74, 6) is 0.754. The second-order valence-electron chi connectivity index (χ2n) is 3.57. The van der Waals surface area contributed by atoms with E-state index in [0.717, 1.165) is 16.9 Å². The monoisotopic (exact) mass is 209 g/mol. The minimum atomic E-state index is -0.531. The van der Waals surface area contributed by atoms with E-state index in [1.54, 1.807) is 0 Å². The van der Waals surface area contributed by atoms with Crippen LogP contribution in [-0.2, 0) is 0 Å². The normalized spacial score (nSPS) is 12.5. The SMILES string of the molecule is CCOc1ccc(C)cc1C(O)CCN. The summed E-state index contributed by atoms with van der Waals surface area (Å²) in [5, 5.41) is 9.89. The van der Waals surface area contributed by atoms with Crippen molar-refractivity contribution in [3.63, 3.8) is 0 Å². The summed E-state index contributed by atoms with van der Waals surface area (Å²) < 4.78 is 5.46. The van der Waals surface area contributed by atoms with Crippen LogP contribution in [0.25, 0.3) is 0 Å². The Morgan fingerprint density at radius 2 is 2.20 bits per heavy atom. The molecule has 3 nitrogen and oxygen atoms in total. The second kappa shape index (κ2) is 5.73. The van der Waals surface area contributed by atoms with Gasteiger partial charge in [-0.1, -0.05) is 11.6 Å². The predicted octanol–water partition coefficient (Wildman–Crippen LogP) is 1.78. The molecular formula is C12H19NO2. The van der Waals surface area contributed by atoms with Gasteiger partial charge in [-0.05, 0) is 38.9 Å². The lowest BCUT2D eigenvalue weighted by Crippen LogP contribution is -2.08. The van der Waals surface area contributed by atoms with Crippen LogP contribution in [0.2, 0.25) is 0 Å². The van der Waals surface area contributed by atoms with Crippen molar-refractivity contribution in [3.05, 3.63) is 29.3 Å². The predicted molar refractivity (Wildman–Crippen MR) is 61.0 cm³/mol. The van der Waals surface area contributed by atoms with Gasteiger partial charge in [-0.2, -0.15) is 0 Å². The van der Waals surface area contributed by atoms with Gasteiger partial charge in [0.05, 0.1) is 12.7 Å². The Labute approximate surface area is 90.9 Å². The maximum absolute atomic E-state index is 9.89. The molecule has 1 rings (SSSR count). The average Bonchev–Trinajstić information content (AvgIpc) is 2.21. The number of hydrogen-bond donors (Lipinski definition) is 2. The minimum absolute atomic E-state index is 0.473. The minimum Gasteiger partial charge on any atom is -0.493 e. The third kappa shape index (κ3) is 3.22. The van der Waals surface area contributed by atoms with Crippen molar-refractivity contribution in [3.8, 4) is 5.75 Å². The molecule has 0 saturated heterocycles. The molecule has 0 heterocycles. The number of aliphatic hydroxyl groups excluding tert-OH is 1. The van der Waals surface area contributed by atoms with Crippen molar-refractivity contribution in [2.75, 3.05) is 13.2 Å². The molecule has 0 saturated carbocycles. The molecule has 0 spiro atoms. The zero-order valence-corrected chi connectivity index (χ0v) is 9.36. The van der Waals surface area contributed by atoms with Gasteiger partial charge in [0.15, 0.2) is 0 Å². The first-order valence-electron chi connectivity index (χ1n) is 5.30. The van der Waals surface area contributed by atoms with Crippen LogP contribution in [0.4, 0.5) is 0 Å². The fraction of sp³-hybridized carbons (Fsp3) is 0.500. The van der Waals surface area contributed by atoms with Crippen molar-refractivity contribution in [1.29, 1.82) is 0 Å². The van der Waals surface area contributed by atoms with Crippen molar-refractivity contribution in [2.24, 2.45) is 5.73 Å². The zero-order valence-electron chi connectivity index (χ0n) is 9.36. The molecule has 3 heteroatoms. The molecule has 84 valence electrons. The summed E-state index contributed by atoms with van der Waals surface area (Å²) in [7, 11) is 0. The fourth-order valence-electron chi connectivity index (χ4n) is 1.53. The van der Waals surface area contributed by atoms with Crippen LogP contribution in [0.1, 0.15) is 30.6 Å². The van der Waals surface area contributed by atoms with Crippen molar-refractivity contribution >= 4 is 0 Å². The number of aliphatic hydroxyl groups is 1. The van der Waals surface area contributed by atoms with Gasteiger partial charge in [-0.15, -0.1) is 0 Å². The highest BCUT2D eigenvalue weighted by molar-refractivity contribution is 5.38. The fourth-order valence-corrected chi connectivity index (χ4v) is 1.53. The smallest absolute Gasteiger partial charge is 0.125 e. The molecule has 0 amide bonds. The molecule has 3 N–H and O–H groups in total. The number of ether oxygens (including phenoxy) is 1. The van der Waals surface area contributed by atoms with Crippen LogP contribution < -0.4 is 10.5 Å². The zero-order chi connectivity index (χ0) is 11.3.